The Morgan fingerprint density at radius 1 is 1.32 bits per heavy atom. The second kappa shape index (κ2) is 7.78. The molecule has 1 aliphatic heterocycles. The van der Waals surface area contributed by atoms with Crippen molar-refractivity contribution in [1.82, 2.24) is 20.4 Å². The topological polar surface area (TPSA) is 71.3 Å². The van der Waals surface area contributed by atoms with E-state index in [1.54, 1.807) is 0 Å². The third kappa shape index (κ3) is 4.45. The molecule has 0 atom stereocenters. The molecule has 0 aliphatic carbocycles. The lowest BCUT2D eigenvalue weighted by molar-refractivity contribution is -0.127. The summed E-state index contributed by atoms with van der Waals surface area (Å²) in [5.74, 6) is 1.56. The first-order valence-electron chi connectivity index (χ1n) is 8.94. The van der Waals surface area contributed by atoms with Crippen LogP contribution in [0.3, 0.4) is 0 Å². The summed E-state index contributed by atoms with van der Waals surface area (Å²) in [5, 5.41) is 7.12. The van der Waals surface area contributed by atoms with Crippen LogP contribution in [-0.2, 0) is 11.3 Å². The van der Waals surface area contributed by atoms with Crippen molar-refractivity contribution in [3.8, 4) is 11.4 Å². The van der Waals surface area contributed by atoms with E-state index >= 15 is 0 Å². The number of hydrogen-bond donors (Lipinski definition) is 1. The first-order valence-corrected chi connectivity index (χ1v) is 8.94. The van der Waals surface area contributed by atoms with Gasteiger partial charge in [0.15, 0.2) is 0 Å². The molecule has 1 aliphatic rings. The number of aromatic nitrogens is 2. The van der Waals surface area contributed by atoms with Crippen LogP contribution >= 0.6 is 0 Å². The minimum absolute atomic E-state index is 0.115. The van der Waals surface area contributed by atoms with Crippen LogP contribution in [0, 0.1) is 12.8 Å². The Balaban J connectivity index is 1.55. The zero-order chi connectivity index (χ0) is 17.8. The Kier molecular flexibility index (Phi) is 5.48. The van der Waals surface area contributed by atoms with Gasteiger partial charge < -0.3 is 9.84 Å². The minimum Gasteiger partial charge on any atom is -0.354 e. The van der Waals surface area contributed by atoms with Gasteiger partial charge >= 0.3 is 0 Å². The number of piperidine rings is 1. The molecule has 1 amide bonds. The molecule has 1 aromatic carbocycles. The maximum atomic E-state index is 12.1. The summed E-state index contributed by atoms with van der Waals surface area (Å²) in [6.07, 6.45) is 1.74. The van der Waals surface area contributed by atoms with Gasteiger partial charge in [-0.15, -0.1) is 0 Å². The van der Waals surface area contributed by atoms with E-state index in [1.807, 2.05) is 45.0 Å². The number of hydrogen-bond acceptors (Lipinski definition) is 5. The molecule has 0 radical (unpaired) electrons. The molecule has 1 N–H and O–H groups in total. The van der Waals surface area contributed by atoms with Gasteiger partial charge in [-0.1, -0.05) is 29.4 Å². The lowest BCUT2D eigenvalue weighted by Crippen LogP contribution is -2.42. The summed E-state index contributed by atoms with van der Waals surface area (Å²) < 4.78 is 5.42. The monoisotopic (exact) mass is 342 g/mol. The van der Waals surface area contributed by atoms with Crippen molar-refractivity contribution in [2.24, 2.45) is 5.92 Å². The lowest BCUT2D eigenvalue weighted by Gasteiger charge is -2.30. The third-order valence-corrected chi connectivity index (χ3v) is 4.60. The van der Waals surface area contributed by atoms with Gasteiger partial charge in [-0.25, -0.2) is 0 Å². The molecule has 0 spiro atoms. The highest BCUT2D eigenvalue weighted by molar-refractivity contribution is 5.78. The highest BCUT2D eigenvalue weighted by Crippen LogP contribution is 2.22. The van der Waals surface area contributed by atoms with Gasteiger partial charge in [0, 0.05) is 17.5 Å². The van der Waals surface area contributed by atoms with Gasteiger partial charge in [0.25, 0.3) is 0 Å². The van der Waals surface area contributed by atoms with Gasteiger partial charge in [0.05, 0.1) is 6.54 Å². The van der Waals surface area contributed by atoms with Crippen LogP contribution in [0.5, 0.6) is 0 Å². The molecule has 134 valence electrons. The number of carbonyl (C=O) groups excluding carboxylic acids is 1. The average molecular weight is 342 g/mol. The average Bonchev–Trinajstić information content (AvgIpc) is 3.03. The van der Waals surface area contributed by atoms with Gasteiger partial charge in [0.1, 0.15) is 0 Å². The fraction of sp³-hybridized carbons (Fsp3) is 0.526. The van der Waals surface area contributed by atoms with E-state index in [2.05, 4.69) is 20.4 Å². The summed E-state index contributed by atoms with van der Waals surface area (Å²) in [4.78, 5) is 18.9. The molecule has 1 fully saturated rings. The highest BCUT2D eigenvalue weighted by atomic mass is 16.5. The number of rotatable bonds is 5. The molecule has 3 rings (SSSR count). The van der Waals surface area contributed by atoms with Crippen molar-refractivity contribution in [2.75, 3.05) is 13.1 Å². The molecule has 6 heteroatoms. The van der Waals surface area contributed by atoms with E-state index in [0.29, 0.717) is 18.3 Å². The standard InChI is InChI=1S/C19H26N4O2/c1-13(2)20-19(24)15-8-10-23(11-9-15)12-17-21-18(22-25-17)16-7-5-4-6-14(16)3/h4-7,13,15H,8-12H2,1-3H3,(H,20,24). The number of aryl methyl sites for hydroxylation is 1. The van der Waals surface area contributed by atoms with Crippen LogP contribution in [0.15, 0.2) is 28.8 Å². The molecule has 1 saturated heterocycles. The zero-order valence-electron chi connectivity index (χ0n) is 15.2. The molecule has 0 unspecified atom stereocenters. The first kappa shape index (κ1) is 17.6. The number of carbonyl (C=O) groups is 1. The Bertz CT molecular complexity index is 718. The lowest BCUT2D eigenvalue weighted by atomic mass is 9.95. The molecule has 0 saturated carbocycles. The Hall–Kier alpha value is -2.21. The van der Waals surface area contributed by atoms with Crippen LogP contribution in [0.1, 0.15) is 38.1 Å². The van der Waals surface area contributed by atoms with E-state index in [-0.39, 0.29) is 17.9 Å². The normalized spacial score (nSPS) is 16.3. The molecular formula is C19H26N4O2. The fourth-order valence-corrected chi connectivity index (χ4v) is 3.20. The van der Waals surface area contributed by atoms with E-state index in [1.165, 1.54) is 0 Å². The number of benzene rings is 1. The van der Waals surface area contributed by atoms with Gasteiger partial charge in [0.2, 0.25) is 17.6 Å². The van der Waals surface area contributed by atoms with Crippen LogP contribution < -0.4 is 5.32 Å². The molecule has 1 aromatic heterocycles. The molecule has 6 nitrogen and oxygen atoms in total. The Labute approximate surface area is 148 Å². The van der Waals surface area contributed by atoms with Gasteiger partial charge in [-0.2, -0.15) is 4.98 Å². The molecule has 25 heavy (non-hydrogen) atoms. The van der Waals surface area contributed by atoms with E-state index in [0.717, 1.165) is 37.1 Å². The summed E-state index contributed by atoms with van der Waals surface area (Å²) >= 11 is 0. The molecule has 0 bridgehead atoms. The molecular weight excluding hydrogens is 316 g/mol. The zero-order valence-corrected chi connectivity index (χ0v) is 15.2. The van der Waals surface area contributed by atoms with Crippen molar-refractivity contribution < 1.29 is 9.32 Å². The smallest absolute Gasteiger partial charge is 0.241 e. The molecule has 2 heterocycles. The largest absolute Gasteiger partial charge is 0.354 e. The predicted octanol–water partition coefficient (Wildman–Crippen LogP) is 2.78. The third-order valence-electron chi connectivity index (χ3n) is 4.60. The number of likely N-dealkylation sites (tertiary alicyclic amines) is 1. The number of amides is 1. The van der Waals surface area contributed by atoms with Crippen molar-refractivity contribution in [3.63, 3.8) is 0 Å². The van der Waals surface area contributed by atoms with Gasteiger partial charge in [-0.3, -0.25) is 9.69 Å². The Morgan fingerprint density at radius 3 is 2.72 bits per heavy atom. The van der Waals surface area contributed by atoms with Crippen LogP contribution in [0.4, 0.5) is 0 Å². The van der Waals surface area contributed by atoms with Crippen LogP contribution in [0.25, 0.3) is 11.4 Å². The predicted molar refractivity (Wildman–Crippen MR) is 95.8 cm³/mol. The Morgan fingerprint density at radius 2 is 2.04 bits per heavy atom. The number of nitrogens with zero attached hydrogens (tertiary/aromatic N) is 3. The van der Waals surface area contributed by atoms with Gasteiger partial charge in [-0.05, 0) is 52.3 Å². The van der Waals surface area contributed by atoms with E-state index < -0.39 is 0 Å². The first-order chi connectivity index (χ1) is 12.0. The van der Waals surface area contributed by atoms with Crippen molar-refractivity contribution >= 4 is 5.91 Å². The van der Waals surface area contributed by atoms with Crippen molar-refractivity contribution in [3.05, 3.63) is 35.7 Å². The van der Waals surface area contributed by atoms with Crippen molar-refractivity contribution in [2.45, 2.75) is 46.2 Å². The highest BCUT2D eigenvalue weighted by Gasteiger charge is 2.26. The van der Waals surface area contributed by atoms with E-state index in [4.69, 9.17) is 4.52 Å². The summed E-state index contributed by atoms with van der Waals surface area (Å²) in [5.41, 5.74) is 2.13. The molecule has 2 aromatic rings. The quantitative estimate of drug-likeness (QED) is 0.905. The summed E-state index contributed by atoms with van der Waals surface area (Å²) in [7, 11) is 0. The van der Waals surface area contributed by atoms with Crippen LogP contribution in [-0.4, -0.2) is 40.1 Å². The second-order valence-electron chi connectivity index (χ2n) is 7.04. The summed E-state index contributed by atoms with van der Waals surface area (Å²) in [6.45, 7) is 8.41. The second-order valence-corrected chi connectivity index (χ2v) is 7.04. The maximum absolute atomic E-state index is 12.1. The fourth-order valence-electron chi connectivity index (χ4n) is 3.20. The van der Waals surface area contributed by atoms with Crippen molar-refractivity contribution in [1.29, 1.82) is 0 Å². The van der Waals surface area contributed by atoms with E-state index in [9.17, 15) is 4.79 Å². The minimum atomic E-state index is 0.115. The summed E-state index contributed by atoms with van der Waals surface area (Å²) in [6, 6.07) is 8.22. The SMILES string of the molecule is Cc1ccccc1-c1noc(CN2CCC(C(=O)NC(C)C)CC2)n1. The van der Waals surface area contributed by atoms with Crippen LogP contribution in [0.2, 0.25) is 0 Å². The number of nitrogens with one attached hydrogen (secondary N) is 1. The maximum Gasteiger partial charge on any atom is 0.241 e.